The molecule has 1 unspecified atom stereocenters. The molecule has 2 aliphatic heterocycles. The van der Waals surface area contributed by atoms with Crippen LogP contribution in [0.15, 0.2) is 0 Å². The number of hydrogen-bond donors (Lipinski definition) is 1. The second-order valence-corrected chi connectivity index (χ2v) is 6.01. The monoisotopic (exact) mass is 210 g/mol. The zero-order chi connectivity index (χ0) is 10.7. The number of nitrogens with zero attached hydrogens (tertiary/aromatic N) is 1. The van der Waals surface area contributed by atoms with Gasteiger partial charge in [0, 0.05) is 19.6 Å². The van der Waals surface area contributed by atoms with Gasteiger partial charge in [-0.05, 0) is 50.1 Å². The van der Waals surface area contributed by atoms with E-state index in [1.807, 2.05) is 0 Å². The molecular formula is C13H26N2. The van der Waals surface area contributed by atoms with E-state index in [2.05, 4.69) is 24.1 Å². The number of hydrogen-bond acceptors (Lipinski definition) is 2. The summed E-state index contributed by atoms with van der Waals surface area (Å²) in [5.41, 5.74) is 0.630. The Labute approximate surface area is 94.4 Å². The number of likely N-dealkylation sites (tertiary alicyclic amines) is 1. The minimum atomic E-state index is 0.630. The van der Waals surface area contributed by atoms with Gasteiger partial charge in [-0.2, -0.15) is 0 Å². The average molecular weight is 210 g/mol. The van der Waals surface area contributed by atoms with Crippen molar-refractivity contribution in [1.29, 1.82) is 0 Å². The molecule has 0 aromatic heterocycles. The molecule has 1 N–H and O–H groups in total. The number of rotatable bonds is 2. The Morgan fingerprint density at radius 1 is 1.27 bits per heavy atom. The molecule has 1 spiro atoms. The summed E-state index contributed by atoms with van der Waals surface area (Å²) in [6.07, 6.45) is 5.70. The fourth-order valence-corrected chi connectivity index (χ4v) is 3.36. The van der Waals surface area contributed by atoms with E-state index in [1.165, 1.54) is 58.4 Å². The quantitative estimate of drug-likeness (QED) is 0.751. The van der Waals surface area contributed by atoms with Crippen molar-refractivity contribution in [2.24, 2.45) is 11.3 Å². The van der Waals surface area contributed by atoms with Gasteiger partial charge >= 0.3 is 0 Å². The third-order valence-corrected chi connectivity index (χ3v) is 3.92. The van der Waals surface area contributed by atoms with Crippen LogP contribution in [0.5, 0.6) is 0 Å². The van der Waals surface area contributed by atoms with Crippen molar-refractivity contribution in [3.05, 3.63) is 0 Å². The van der Waals surface area contributed by atoms with E-state index in [4.69, 9.17) is 0 Å². The first-order valence-corrected chi connectivity index (χ1v) is 6.63. The fraction of sp³-hybridized carbons (Fsp3) is 1.00. The van der Waals surface area contributed by atoms with Crippen LogP contribution < -0.4 is 5.32 Å². The standard InChI is InChI=1S/C13H26N2/c1-12(2)9-15-8-4-6-13(11-15)5-3-7-14-10-13/h12,14H,3-11H2,1-2H3. The highest BCUT2D eigenvalue weighted by atomic mass is 15.1. The van der Waals surface area contributed by atoms with E-state index in [0.29, 0.717) is 5.41 Å². The Bertz CT molecular complexity index is 189. The van der Waals surface area contributed by atoms with E-state index in [1.54, 1.807) is 0 Å². The molecule has 0 aromatic carbocycles. The second kappa shape index (κ2) is 4.84. The summed E-state index contributed by atoms with van der Waals surface area (Å²) in [5, 5.41) is 3.59. The molecule has 0 aliphatic carbocycles. The Morgan fingerprint density at radius 2 is 2.07 bits per heavy atom. The van der Waals surface area contributed by atoms with Crippen LogP contribution in [0.4, 0.5) is 0 Å². The highest BCUT2D eigenvalue weighted by Gasteiger charge is 2.36. The largest absolute Gasteiger partial charge is 0.316 e. The van der Waals surface area contributed by atoms with Crippen LogP contribution in [0.3, 0.4) is 0 Å². The molecule has 2 rings (SSSR count). The summed E-state index contributed by atoms with van der Waals surface area (Å²) >= 11 is 0. The van der Waals surface area contributed by atoms with E-state index in [9.17, 15) is 0 Å². The Hall–Kier alpha value is -0.0800. The maximum Gasteiger partial charge on any atom is 0.00503 e. The minimum absolute atomic E-state index is 0.630. The van der Waals surface area contributed by atoms with Gasteiger partial charge in [0.2, 0.25) is 0 Å². The van der Waals surface area contributed by atoms with E-state index in [-0.39, 0.29) is 0 Å². The lowest BCUT2D eigenvalue weighted by molar-refractivity contribution is 0.0578. The first-order chi connectivity index (χ1) is 7.20. The van der Waals surface area contributed by atoms with Crippen molar-refractivity contribution in [2.45, 2.75) is 39.5 Å². The maximum atomic E-state index is 3.59. The molecule has 0 bridgehead atoms. The summed E-state index contributed by atoms with van der Waals surface area (Å²) in [6, 6.07) is 0. The molecule has 2 saturated heterocycles. The molecular weight excluding hydrogens is 184 g/mol. The van der Waals surface area contributed by atoms with Crippen LogP contribution in [-0.2, 0) is 0 Å². The van der Waals surface area contributed by atoms with Crippen LogP contribution in [-0.4, -0.2) is 37.6 Å². The first kappa shape index (κ1) is 11.4. The SMILES string of the molecule is CC(C)CN1CCCC2(CCCNC2)C1. The van der Waals surface area contributed by atoms with Gasteiger partial charge in [-0.15, -0.1) is 0 Å². The van der Waals surface area contributed by atoms with Crippen molar-refractivity contribution in [3.8, 4) is 0 Å². The zero-order valence-electron chi connectivity index (χ0n) is 10.4. The smallest absolute Gasteiger partial charge is 0.00503 e. The Balaban J connectivity index is 1.90. The van der Waals surface area contributed by atoms with Gasteiger partial charge in [-0.1, -0.05) is 13.8 Å². The van der Waals surface area contributed by atoms with Crippen molar-refractivity contribution in [2.75, 3.05) is 32.7 Å². The van der Waals surface area contributed by atoms with Crippen LogP contribution in [0, 0.1) is 11.3 Å². The highest BCUT2D eigenvalue weighted by Crippen LogP contribution is 2.35. The van der Waals surface area contributed by atoms with Gasteiger partial charge in [-0.3, -0.25) is 0 Å². The fourth-order valence-electron chi connectivity index (χ4n) is 3.36. The molecule has 0 aromatic rings. The van der Waals surface area contributed by atoms with Crippen molar-refractivity contribution < 1.29 is 0 Å². The van der Waals surface area contributed by atoms with Crippen LogP contribution >= 0.6 is 0 Å². The first-order valence-electron chi connectivity index (χ1n) is 6.63. The van der Waals surface area contributed by atoms with E-state index >= 15 is 0 Å². The topological polar surface area (TPSA) is 15.3 Å². The van der Waals surface area contributed by atoms with Crippen molar-refractivity contribution in [1.82, 2.24) is 10.2 Å². The van der Waals surface area contributed by atoms with Gasteiger partial charge in [0.05, 0.1) is 0 Å². The summed E-state index contributed by atoms with van der Waals surface area (Å²) in [5.74, 6) is 0.816. The van der Waals surface area contributed by atoms with E-state index < -0.39 is 0 Å². The zero-order valence-corrected chi connectivity index (χ0v) is 10.4. The molecule has 0 saturated carbocycles. The summed E-state index contributed by atoms with van der Waals surface area (Å²) in [4.78, 5) is 2.70. The van der Waals surface area contributed by atoms with Gasteiger partial charge in [-0.25, -0.2) is 0 Å². The molecule has 2 nitrogen and oxygen atoms in total. The van der Waals surface area contributed by atoms with Gasteiger partial charge in [0.25, 0.3) is 0 Å². The van der Waals surface area contributed by atoms with Crippen molar-refractivity contribution >= 4 is 0 Å². The lowest BCUT2D eigenvalue weighted by Crippen LogP contribution is -2.51. The molecule has 2 fully saturated rings. The van der Waals surface area contributed by atoms with Crippen LogP contribution in [0.2, 0.25) is 0 Å². The van der Waals surface area contributed by atoms with Crippen LogP contribution in [0.25, 0.3) is 0 Å². The molecule has 0 radical (unpaired) electrons. The van der Waals surface area contributed by atoms with Crippen LogP contribution in [0.1, 0.15) is 39.5 Å². The Kier molecular flexibility index (Phi) is 3.68. The lowest BCUT2D eigenvalue weighted by Gasteiger charge is -2.46. The molecule has 1 atom stereocenters. The molecule has 2 heteroatoms. The minimum Gasteiger partial charge on any atom is -0.316 e. The molecule has 0 amide bonds. The second-order valence-electron chi connectivity index (χ2n) is 6.01. The van der Waals surface area contributed by atoms with E-state index in [0.717, 1.165) is 5.92 Å². The number of nitrogens with one attached hydrogen (secondary N) is 1. The van der Waals surface area contributed by atoms with Gasteiger partial charge in [0.15, 0.2) is 0 Å². The highest BCUT2D eigenvalue weighted by molar-refractivity contribution is 4.91. The van der Waals surface area contributed by atoms with Crippen molar-refractivity contribution in [3.63, 3.8) is 0 Å². The third-order valence-electron chi connectivity index (χ3n) is 3.92. The predicted molar refractivity (Wildman–Crippen MR) is 65.0 cm³/mol. The lowest BCUT2D eigenvalue weighted by atomic mass is 9.74. The molecule has 15 heavy (non-hydrogen) atoms. The summed E-state index contributed by atoms with van der Waals surface area (Å²) in [6.45, 7) is 11.1. The predicted octanol–water partition coefficient (Wildman–Crippen LogP) is 2.11. The molecule has 2 heterocycles. The normalized spacial score (nSPS) is 33.8. The molecule has 88 valence electrons. The van der Waals surface area contributed by atoms with Gasteiger partial charge in [0.1, 0.15) is 0 Å². The number of piperidine rings is 2. The Morgan fingerprint density at radius 3 is 2.73 bits per heavy atom. The maximum absolute atomic E-state index is 3.59. The summed E-state index contributed by atoms with van der Waals surface area (Å²) in [7, 11) is 0. The molecule has 2 aliphatic rings. The average Bonchev–Trinajstić information content (AvgIpc) is 2.17. The van der Waals surface area contributed by atoms with Gasteiger partial charge < -0.3 is 10.2 Å². The third kappa shape index (κ3) is 2.94. The summed E-state index contributed by atoms with van der Waals surface area (Å²) < 4.78 is 0.